The van der Waals surface area contributed by atoms with Crippen molar-refractivity contribution in [3.8, 4) is 67.8 Å². The molecule has 12 aromatic rings. The minimum Gasteiger partial charge on any atom is -0.309 e. The molecule has 0 aliphatic rings. The molecule has 0 spiro atoms. The maximum atomic E-state index is 5.38. The van der Waals surface area contributed by atoms with E-state index < -0.39 is 0 Å². The molecule has 290 valence electrons. The third-order valence-corrected chi connectivity index (χ3v) is 12.0. The highest BCUT2D eigenvalue weighted by molar-refractivity contribution is 6.26. The van der Waals surface area contributed by atoms with Crippen molar-refractivity contribution in [1.82, 2.24) is 24.1 Å². The smallest absolute Gasteiger partial charge is 0.238 e. The number of fused-ring (bicyclic) bond motifs is 7. The zero-order chi connectivity index (χ0) is 41.0. The van der Waals surface area contributed by atoms with Crippen molar-refractivity contribution in [3.05, 3.63) is 224 Å². The number of hydrogen-bond acceptors (Lipinski definition) is 3. The minimum absolute atomic E-state index is 0.560. The van der Waals surface area contributed by atoms with Crippen molar-refractivity contribution < 1.29 is 0 Å². The number of nitrogens with zero attached hydrogens (tertiary/aromatic N) is 5. The predicted octanol–water partition coefficient (Wildman–Crippen LogP) is 14.4. The second kappa shape index (κ2) is 14.7. The van der Waals surface area contributed by atoms with Gasteiger partial charge < -0.3 is 4.57 Å². The van der Waals surface area contributed by atoms with E-state index in [1.54, 1.807) is 0 Å². The lowest BCUT2D eigenvalue weighted by molar-refractivity contribution is 0.955. The molecule has 0 bridgehead atoms. The van der Waals surface area contributed by atoms with Crippen LogP contribution in [0.2, 0.25) is 0 Å². The highest BCUT2D eigenvalue weighted by atomic mass is 15.2. The van der Waals surface area contributed by atoms with Gasteiger partial charge in [-0.1, -0.05) is 200 Å². The summed E-state index contributed by atoms with van der Waals surface area (Å²) in [6.45, 7) is 0. The maximum absolute atomic E-state index is 5.38. The van der Waals surface area contributed by atoms with Gasteiger partial charge in [-0.15, -0.1) is 0 Å². The first kappa shape index (κ1) is 35.5. The van der Waals surface area contributed by atoms with E-state index in [9.17, 15) is 0 Å². The van der Waals surface area contributed by atoms with Crippen LogP contribution in [0.25, 0.3) is 111 Å². The van der Waals surface area contributed by atoms with E-state index in [1.165, 1.54) is 11.1 Å². The molecule has 0 N–H and O–H groups in total. The lowest BCUT2D eigenvalue weighted by Gasteiger charge is -2.14. The van der Waals surface area contributed by atoms with Gasteiger partial charge in [0.25, 0.3) is 0 Å². The van der Waals surface area contributed by atoms with E-state index in [0.717, 1.165) is 82.7 Å². The Hall–Kier alpha value is -8.41. The molecule has 5 heteroatoms. The van der Waals surface area contributed by atoms with E-state index in [2.05, 4.69) is 221 Å². The molecule has 9 aromatic carbocycles. The standard InChI is InChI=1S/C57H37N5/c1-4-16-38(17-5-1)40-28-32-43(33-29-40)55-58-56(44-34-30-41(31-35-44)39-18-6-2-7-19-39)60-57(59-55)62-50-26-14-11-23-46(50)47-36-37-52-53(54(47)62)48-24-12-15-27-51(48)61(52)49-25-13-10-22-45(49)42-20-8-3-9-21-42/h1-37H. The molecule has 0 atom stereocenters. The SMILES string of the molecule is c1ccc(-c2ccc(-c3nc(-c4ccc(-c5ccccc5)cc4)nc(-n4c5ccccc5c5ccc6c(c7ccccc7n6-c6ccccc6-c6ccccc6)c54)n3)cc2)cc1. The number of aromatic nitrogens is 5. The van der Waals surface area contributed by atoms with Crippen molar-refractivity contribution in [2.75, 3.05) is 0 Å². The van der Waals surface area contributed by atoms with E-state index >= 15 is 0 Å². The van der Waals surface area contributed by atoms with E-state index in [0.29, 0.717) is 17.6 Å². The molecule has 0 aliphatic heterocycles. The molecule has 0 radical (unpaired) electrons. The molecule has 3 heterocycles. The Kier molecular flexibility index (Phi) is 8.42. The van der Waals surface area contributed by atoms with Crippen LogP contribution in [0.5, 0.6) is 0 Å². The molecule has 62 heavy (non-hydrogen) atoms. The van der Waals surface area contributed by atoms with Gasteiger partial charge in [0.1, 0.15) is 0 Å². The summed E-state index contributed by atoms with van der Waals surface area (Å²) >= 11 is 0. The van der Waals surface area contributed by atoms with E-state index in [1.807, 2.05) is 12.1 Å². The first-order chi connectivity index (χ1) is 30.8. The van der Waals surface area contributed by atoms with Crippen LogP contribution in [0.15, 0.2) is 224 Å². The van der Waals surface area contributed by atoms with Crippen LogP contribution < -0.4 is 0 Å². The molecule has 0 fully saturated rings. The normalized spacial score (nSPS) is 11.5. The fourth-order valence-electron chi connectivity index (χ4n) is 9.11. The van der Waals surface area contributed by atoms with Gasteiger partial charge >= 0.3 is 0 Å². The van der Waals surface area contributed by atoms with Crippen LogP contribution in [-0.2, 0) is 0 Å². The molecule has 0 saturated heterocycles. The summed E-state index contributed by atoms with van der Waals surface area (Å²) in [5.74, 6) is 1.77. The summed E-state index contributed by atoms with van der Waals surface area (Å²) < 4.78 is 4.68. The Balaban J connectivity index is 1.13. The van der Waals surface area contributed by atoms with Crippen molar-refractivity contribution in [2.45, 2.75) is 0 Å². The first-order valence-corrected chi connectivity index (χ1v) is 21.0. The third-order valence-electron chi connectivity index (χ3n) is 12.0. The van der Waals surface area contributed by atoms with Gasteiger partial charge in [-0.25, -0.2) is 4.98 Å². The van der Waals surface area contributed by atoms with Gasteiger partial charge in [0.05, 0.1) is 27.8 Å². The van der Waals surface area contributed by atoms with Crippen LogP contribution in [0.1, 0.15) is 0 Å². The highest BCUT2D eigenvalue weighted by Crippen LogP contribution is 2.43. The van der Waals surface area contributed by atoms with Gasteiger partial charge in [-0.2, -0.15) is 9.97 Å². The topological polar surface area (TPSA) is 48.5 Å². The van der Waals surface area contributed by atoms with Crippen molar-refractivity contribution in [3.63, 3.8) is 0 Å². The van der Waals surface area contributed by atoms with Gasteiger partial charge in [0, 0.05) is 38.2 Å². The highest BCUT2D eigenvalue weighted by Gasteiger charge is 2.24. The second-order valence-electron chi connectivity index (χ2n) is 15.6. The van der Waals surface area contributed by atoms with Crippen LogP contribution >= 0.6 is 0 Å². The van der Waals surface area contributed by atoms with Crippen molar-refractivity contribution >= 4 is 43.6 Å². The third kappa shape index (κ3) is 5.90. The molecule has 5 nitrogen and oxygen atoms in total. The molecule has 0 saturated carbocycles. The quantitative estimate of drug-likeness (QED) is 0.162. The van der Waals surface area contributed by atoms with Gasteiger partial charge in [0.2, 0.25) is 5.95 Å². The number of hydrogen-bond donors (Lipinski definition) is 0. The molecule has 0 amide bonds. The van der Waals surface area contributed by atoms with Gasteiger partial charge in [-0.05, 0) is 52.1 Å². The summed E-state index contributed by atoms with van der Waals surface area (Å²) in [5.41, 5.74) is 14.2. The predicted molar refractivity (Wildman–Crippen MR) is 256 cm³/mol. The number of benzene rings is 9. The summed E-state index contributed by atoms with van der Waals surface area (Å²) in [7, 11) is 0. The second-order valence-corrected chi connectivity index (χ2v) is 15.6. The van der Waals surface area contributed by atoms with Gasteiger partial charge in [0.15, 0.2) is 11.6 Å². The first-order valence-electron chi connectivity index (χ1n) is 21.0. The van der Waals surface area contributed by atoms with Crippen LogP contribution in [0.3, 0.4) is 0 Å². The minimum atomic E-state index is 0.560. The molecular formula is C57H37N5. The Morgan fingerprint density at radius 3 is 1.32 bits per heavy atom. The average Bonchev–Trinajstić information content (AvgIpc) is 3.88. The van der Waals surface area contributed by atoms with Crippen LogP contribution in [-0.4, -0.2) is 24.1 Å². The van der Waals surface area contributed by atoms with Crippen molar-refractivity contribution in [1.29, 1.82) is 0 Å². The lowest BCUT2D eigenvalue weighted by Crippen LogP contribution is -2.06. The monoisotopic (exact) mass is 791 g/mol. The van der Waals surface area contributed by atoms with E-state index in [-0.39, 0.29) is 0 Å². The van der Waals surface area contributed by atoms with Crippen LogP contribution in [0.4, 0.5) is 0 Å². The van der Waals surface area contributed by atoms with Crippen molar-refractivity contribution in [2.24, 2.45) is 0 Å². The average molecular weight is 792 g/mol. The Bertz CT molecular complexity index is 3490. The number of rotatable bonds is 7. The Labute approximate surface area is 358 Å². The van der Waals surface area contributed by atoms with Gasteiger partial charge in [-0.3, -0.25) is 4.57 Å². The lowest BCUT2D eigenvalue weighted by atomic mass is 10.0. The Morgan fingerprint density at radius 2 is 0.726 bits per heavy atom. The molecule has 0 aliphatic carbocycles. The summed E-state index contributed by atoms with van der Waals surface area (Å²) in [6.07, 6.45) is 0. The fourth-order valence-corrected chi connectivity index (χ4v) is 9.11. The molecule has 3 aromatic heterocycles. The largest absolute Gasteiger partial charge is 0.309 e. The number of para-hydroxylation sites is 3. The Morgan fingerprint density at radius 1 is 0.274 bits per heavy atom. The summed E-state index contributed by atoms with van der Waals surface area (Å²) in [4.78, 5) is 16.0. The summed E-state index contributed by atoms with van der Waals surface area (Å²) in [5, 5.41) is 4.56. The zero-order valence-electron chi connectivity index (χ0n) is 33.6. The van der Waals surface area contributed by atoms with Crippen LogP contribution in [0, 0.1) is 0 Å². The molecule has 0 unspecified atom stereocenters. The van der Waals surface area contributed by atoms with E-state index in [4.69, 9.17) is 15.0 Å². The maximum Gasteiger partial charge on any atom is 0.238 e. The fraction of sp³-hybridized carbons (Fsp3) is 0. The molecular weight excluding hydrogens is 755 g/mol. The summed E-state index contributed by atoms with van der Waals surface area (Å²) in [6, 6.07) is 79.2. The molecule has 12 rings (SSSR count). The zero-order valence-corrected chi connectivity index (χ0v) is 33.6.